The smallest absolute Gasteiger partial charge is 0.306 e. The van der Waals surface area contributed by atoms with Crippen molar-refractivity contribution >= 4 is 17.9 Å². The highest BCUT2D eigenvalue weighted by molar-refractivity contribution is 5.71. The van der Waals surface area contributed by atoms with Crippen molar-refractivity contribution in [1.82, 2.24) is 0 Å². The Hall–Kier alpha value is -1.59. The van der Waals surface area contributed by atoms with E-state index < -0.39 is 6.10 Å². The summed E-state index contributed by atoms with van der Waals surface area (Å²) >= 11 is 0. The van der Waals surface area contributed by atoms with Crippen LogP contribution in [0.5, 0.6) is 0 Å². The quantitative estimate of drug-likeness (QED) is 0.0390. The van der Waals surface area contributed by atoms with Gasteiger partial charge in [0.05, 0.1) is 0 Å². The first-order valence-electron chi connectivity index (χ1n) is 19.5. The van der Waals surface area contributed by atoms with Gasteiger partial charge in [0.25, 0.3) is 0 Å². The van der Waals surface area contributed by atoms with Crippen LogP contribution >= 0.6 is 0 Å². The number of rotatable bonds is 35. The lowest BCUT2D eigenvalue weighted by Gasteiger charge is -2.18. The molecule has 6 heteroatoms. The predicted octanol–water partition coefficient (Wildman–Crippen LogP) is 11.7. The third-order valence-corrected chi connectivity index (χ3v) is 8.61. The fraction of sp³-hybridized carbons (Fsp3) is 0.923. The van der Waals surface area contributed by atoms with Crippen LogP contribution in [-0.4, -0.2) is 37.2 Å². The average molecular weight is 639 g/mol. The molecule has 0 aromatic heterocycles. The third-order valence-electron chi connectivity index (χ3n) is 8.61. The highest BCUT2D eigenvalue weighted by Crippen LogP contribution is 2.14. The van der Waals surface area contributed by atoms with Crippen molar-refractivity contribution in [2.45, 2.75) is 219 Å². The van der Waals surface area contributed by atoms with Gasteiger partial charge in [-0.15, -0.1) is 0 Å². The molecule has 0 N–H and O–H groups in total. The number of esters is 3. The monoisotopic (exact) mass is 639 g/mol. The molecule has 0 saturated carbocycles. The van der Waals surface area contributed by atoms with Gasteiger partial charge in [-0.25, -0.2) is 0 Å². The SMILES string of the molecule is CCCCCCCCCCCCCCC(=O)OCC(COC(=O)CCCCCCC)OC(=O)CCCCCCCCCCCC. The van der Waals surface area contributed by atoms with Crippen molar-refractivity contribution in [3.05, 3.63) is 0 Å². The average Bonchev–Trinajstić information content (AvgIpc) is 3.03. The fourth-order valence-electron chi connectivity index (χ4n) is 5.62. The zero-order valence-electron chi connectivity index (χ0n) is 30.2. The van der Waals surface area contributed by atoms with E-state index in [1.54, 1.807) is 0 Å². The van der Waals surface area contributed by atoms with E-state index in [0.29, 0.717) is 19.3 Å². The van der Waals surface area contributed by atoms with Gasteiger partial charge in [0, 0.05) is 19.3 Å². The van der Waals surface area contributed by atoms with Crippen LogP contribution in [0.3, 0.4) is 0 Å². The molecule has 1 atom stereocenters. The van der Waals surface area contributed by atoms with Crippen molar-refractivity contribution < 1.29 is 28.6 Å². The Balaban J connectivity index is 4.25. The van der Waals surface area contributed by atoms with Gasteiger partial charge in [-0.05, 0) is 19.3 Å². The van der Waals surface area contributed by atoms with E-state index in [1.165, 1.54) is 109 Å². The third kappa shape index (κ3) is 33.6. The summed E-state index contributed by atoms with van der Waals surface area (Å²) in [4.78, 5) is 37.2. The fourth-order valence-corrected chi connectivity index (χ4v) is 5.62. The van der Waals surface area contributed by atoms with Gasteiger partial charge in [0.2, 0.25) is 0 Å². The Morgan fingerprint density at radius 1 is 0.356 bits per heavy atom. The van der Waals surface area contributed by atoms with E-state index in [9.17, 15) is 14.4 Å². The maximum Gasteiger partial charge on any atom is 0.306 e. The van der Waals surface area contributed by atoms with E-state index >= 15 is 0 Å². The van der Waals surface area contributed by atoms with Crippen molar-refractivity contribution in [1.29, 1.82) is 0 Å². The highest BCUT2D eigenvalue weighted by Gasteiger charge is 2.19. The van der Waals surface area contributed by atoms with Crippen molar-refractivity contribution in [3.8, 4) is 0 Å². The molecule has 0 rings (SSSR count). The molecule has 266 valence electrons. The second-order valence-electron chi connectivity index (χ2n) is 13.2. The molecule has 0 aliphatic carbocycles. The molecule has 0 aliphatic heterocycles. The number of carbonyl (C=O) groups excluding carboxylic acids is 3. The summed E-state index contributed by atoms with van der Waals surface area (Å²) in [5, 5.41) is 0. The molecule has 6 nitrogen and oxygen atoms in total. The Morgan fingerprint density at radius 3 is 0.889 bits per heavy atom. The van der Waals surface area contributed by atoms with Gasteiger partial charge < -0.3 is 14.2 Å². The standard InChI is InChI=1S/C39H74O6/c1-4-7-10-13-15-17-19-20-22-23-26-29-32-38(41)44-35-36(34-43-37(40)31-28-25-12-9-6-3)45-39(42)33-30-27-24-21-18-16-14-11-8-5-2/h36H,4-35H2,1-3H3. The molecule has 0 amide bonds. The van der Waals surface area contributed by atoms with Gasteiger partial charge >= 0.3 is 17.9 Å². The maximum absolute atomic E-state index is 12.5. The number of unbranched alkanes of at least 4 members (excludes halogenated alkanes) is 24. The molecule has 0 spiro atoms. The summed E-state index contributed by atoms with van der Waals surface area (Å²) in [7, 11) is 0. The summed E-state index contributed by atoms with van der Waals surface area (Å²) < 4.78 is 16.5. The molecule has 0 aromatic rings. The van der Waals surface area contributed by atoms with Gasteiger partial charge in [-0.1, -0.05) is 175 Å². The van der Waals surface area contributed by atoms with Gasteiger partial charge in [-0.3, -0.25) is 14.4 Å². The number of ether oxygens (including phenoxy) is 3. The molecule has 0 saturated heterocycles. The van der Waals surface area contributed by atoms with E-state index in [2.05, 4.69) is 20.8 Å². The van der Waals surface area contributed by atoms with E-state index in [-0.39, 0.29) is 31.1 Å². The molecular formula is C39H74O6. The maximum atomic E-state index is 12.5. The molecule has 0 aliphatic rings. The van der Waals surface area contributed by atoms with Crippen LogP contribution < -0.4 is 0 Å². The van der Waals surface area contributed by atoms with Gasteiger partial charge in [0.15, 0.2) is 6.10 Å². The molecule has 0 aromatic carbocycles. The Bertz CT molecular complexity index is 664. The summed E-state index contributed by atoms with van der Waals surface area (Å²) in [6, 6.07) is 0. The molecule has 0 radical (unpaired) electrons. The van der Waals surface area contributed by atoms with Crippen LogP contribution in [0.1, 0.15) is 213 Å². The summed E-state index contributed by atoms with van der Waals surface area (Å²) in [5.74, 6) is -0.877. The van der Waals surface area contributed by atoms with E-state index in [1.807, 2.05) is 0 Å². The Kier molecular flexibility index (Phi) is 34.0. The van der Waals surface area contributed by atoms with Crippen LogP contribution in [0.15, 0.2) is 0 Å². The largest absolute Gasteiger partial charge is 0.462 e. The number of carbonyl (C=O) groups is 3. The molecule has 0 bridgehead atoms. The first-order chi connectivity index (χ1) is 22.0. The minimum absolute atomic E-state index is 0.0648. The van der Waals surface area contributed by atoms with Crippen LogP contribution in [0.25, 0.3) is 0 Å². The molecule has 0 heterocycles. The van der Waals surface area contributed by atoms with Crippen LogP contribution in [0.2, 0.25) is 0 Å². The second-order valence-corrected chi connectivity index (χ2v) is 13.2. The zero-order chi connectivity index (χ0) is 33.1. The number of hydrogen-bond acceptors (Lipinski definition) is 6. The Morgan fingerprint density at radius 2 is 0.600 bits per heavy atom. The first-order valence-corrected chi connectivity index (χ1v) is 19.5. The lowest BCUT2D eigenvalue weighted by Crippen LogP contribution is -2.30. The predicted molar refractivity (Wildman–Crippen MR) is 187 cm³/mol. The lowest BCUT2D eigenvalue weighted by atomic mass is 10.0. The van der Waals surface area contributed by atoms with Gasteiger partial charge in [-0.2, -0.15) is 0 Å². The van der Waals surface area contributed by atoms with E-state index in [4.69, 9.17) is 14.2 Å². The van der Waals surface area contributed by atoms with Crippen molar-refractivity contribution in [2.24, 2.45) is 0 Å². The minimum atomic E-state index is -0.754. The molecule has 45 heavy (non-hydrogen) atoms. The minimum Gasteiger partial charge on any atom is -0.462 e. The van der Waals surface area contributed by atoms with Crippen LogP contribution in [-0.2, 0) is 28.6 Å². The van der Waals surface area contributed by atoms with Crippen molar-refractivity contribution in [3.63, 3.8) is 0 Å². The van der Waals surface area contributed by atoms with Crippen LogP contribution in [0.4, 0.5) is 0 Å². The second kappa shape index (κ2) is 35.3. The summed E-state index contributed by atoms with van der Waals surface area (Å²) in [6.07, 6.45) is 32.5. The zero-order valence-corrected chi connectivity index (χ0v) is 30.2. The summed E-state index contributed by atoms with van der Waals surface area (Å²) in [5.41, 5.74) is 0. The van der Waals surface area contributed by atoms with Gasteiger partial charge in [0.1, 0.15) is 13.2 Å². The normalized spacial score (nSPS) is 11.8. The molecule has 0 fully saturated rings. The van der Waals surface area contributed by atoms with Crippen LogP contribution in [0, 0.1) is 0 Å². The first kappa shape index (κ1) is 43.4. The lowest BCUT2D eigenvalue weighted by molar-refractivity contribution is -0.167. The summed E-state index contributed by atoms with van der Waals surface area (Å²) in [6.45, 7) is 6.53. The molecule has 1 unspecified atom stereocenters. The number of hydrogen-bond donors (Lipinski definition) is 0. The topological polar surface area (TPSA) is 78.9 Å². The van der Waals surface area contributed by atoms with Crippen molar-refractivity contribution in [2.75, 3.05) is 13.2 Å². The van der Waals surface area contributed by atoms with E-state index in [0.717, 1.165) is 64.2 Å². The highest BCUT2D eigenvalue weighted by atomic mass is 16.6. The Labute approximate surface area is 278 Å². The molecular weight excluding hydrogens is 564 g/mol.